The maximum Gasteiger partial charge on any atom is 0.124 e. The van der Waals surface area contributed by atoms with Crippen molar-refractivity contribution in [3.63, 3.8) is 0 Å². The Kier molecular flexibility index (Phi) is 6.45. The predicted molar refractivity (Wildman–Crippen MR) is 98.4 cm³/mol. The molecule has 4 nitrogen and oxygen atoms in total. The molecule has 1 aliphatic rings. The van der Waals surface area contributed by atoms with E-state index < -0.39 is 0 Å². The second-order valence-corrected chi connectivity index (χ2v) is 6.57. The lowest BCUT2D eigenvalue weighted by Gasteiger charge is -2.32. The summed E-state index contributed by atoms with van der Waals surface area (Å²) in [6.07, 6.45) is 2.44. The van der Waals surface area contributed by atoms with Gasteiger partial charge in [0.05, 0.1) is 26.4 Å². The number of rotatable bonds is 7. The number of nitrogens with zero attached hydrogens (tertiary/aromatic N) is 1. The highest BCUT2D eigenvalue weighted by Crippen LogP contribution is 2.22. The first kappa shape index (κ1) is 17.9. The van der Waals surface area contributed by atoms with Crippen LogP contribution < -0.4 is 4.74 Å². The van der Waals surface area contributed by atoms with E-state index in [1.807, 2.05) is 30.3 Å². The van der Waals surface area contributed by atoms with Crippen molar-refractivity contribution in [2.24, 2.45) is 0 Å². The Hall–Kier alpha value is -1.88. The fraction of sp³-hybridized carbons (Fsp3) is 0.429. The van der Waals surface area contributed by atoms with Gasteiger partial charge in [0.2, 0.25) is 0 Å². The Morgan fingerprint density at radius 1 is 1.00 bits per heavy atom. The van der Waals surface area contributed by atoms with Gasteiger partial charge in [-0.1, -0.05) is 42.5 Å². The van der Waals surface area contributed by atoms with Crippen molar-refractivity contribution >= 4 is 0 Å². The minimum atomic E-state index is 0.106. The molecular weight excluding hydrogens is 314 g/mol. The molecule has 1 fully saturated rings. The highest BCUT2D eigenvalue weighted by molar-refractivity contribution is 5.32. The minimum Gasteiger partial charge on any atom is -0.496 e. The SMILES string of the molecule is COc1ccccc1COC1CCN(Cc2ccc(CO)cc2)CC1. The van der Waals surface area contributed by atoms with Gasteiger partial charge in [-0.2, -0.15) is 0 Å². The molecule has 4 heteroatoms. The van der Waals surface area contributed by atoms with Crippen LogP contribution in [0.5, 0.6) is 5.75 Å². The summed E-state index contributed by atoms with van der Waals surface area (Å²) in [6.45, 7) is 3.79. The number of aliphatic hydroxyl groups excluding tert-OH is 1. The second-order valence-electron chi connectivity index (χ2n) is 6.57. The molecule has 1 aliphatic heterocycles. The Balaban J connectivity index is 1.43. The molecular formula is C21H27NO3. The van der Waals surface area contributed by atoms with Gasteiger partial charge >= 0.3 is 0 Å². The number of para-hydroxylation sites is 1. The standard InChI is InChI=1S/C21H27NO3/c1-24-21-5-3-2-4-19(21)16-25-20-10-12-22(13-11-20)14-17-6-8-18(15-23)9-7-17/h2-9,20,23H,10-16H2,1H3. The summed E-state index contributed by atoms with van der Waals surface area (Å²) in [5.41, 5.74) is 3.37. The first-order valence-corrected chi connectivity index (χ1v) is 8.93. The zero-order valence-electron chi connectivity index (χ0n) is 14.9. The Labute approximate surface area is 150 Å². The number of ether oxygens (including phenoxy) is 2. The van der Waals surface area contributed by atoms with Crippen LogP contribution >= 0.6 is 0 Å². The molecule has 0 unspecified atom stereocenters. The Morgan fingerprint density at radius 2 is 1.68 bits per heavy atom. The first-order valence-electron chi connectivity index (χ1n) is 8.93. The molecule has 0 atom stereocenters. The Bertz CT molecular complexity index is 648. The number of likely N-dealkylation sites (tertiary alicyclic amines) is 1. The largest absolute Gasteiger partial charge is 0.496 e. The zero-order chi connectivity index (χ0) is 17.5. The molecule has 1 saturated heterocycles. The van der Waals surface area contributed by atoms with Crippen molar-refractivity contribution in [3.8, 4) is 5.75 Å². The van der Waals surface area contributed by atoms with Crippen molar-refractivity contribution < 1.29 is 14.6 Å². The number of methoxy groups -OCH3 is 1. The van der Waals surface area contributed by atoms with E-state index in [1.165, 1.54) is 5.56 Å². The van der Waals surface area contributed by atoms with Gasteiger partial charge in [0, 0.05) is 25.2 Å². The summed E-state index contributed by atoms with van der Waals surface area (Å²) in [6, 6.07) is 16.2. The summed E-state index contributed by atoms with van der Waals surface area (Å²) < 4.78 is 11.5. The quantitative estimate of drug-likeness (QED) is 0.838. The molecule has 134 valence electrons. The third-order valence-corrected chi connectivity index (χ3v) is 4.81. The van der Waals surface area contributed by atoms with Crippen LogP contribution in [0.4, 0.5) is 0 Å². The molecule has 0 radical (unpaired) electrons. The van der Waals surface area contributed by atoms with Crippen molar-refractivity contribution in [1.82, 2.24) is 4.90 Å². The maximum absolute atomic E-state index is 9.11. The lowest BCUT2D eigenvalue weighted by molar-refractivity contribution is -0.00456. The van der Waals surface area contributed by atoms with Crippen LogP contribution in [-0.4, -0.2) is 36.3 Å². The van der Waals surface area contributed by atoms with Crippen molar-refractivity contribution in [1.29, 1.82) is 0 Å². The molecule has 1 heterocycles. The molecule has 2 aromatic rings. The third kappa shape index (κ3) is 5.05. The highest BCUT2D eigenvalue weighted by atomic mass is 16.5. The number of hydrogen-bond acceptors (Lipinski definition) is 4. The van der Waals surface area contributed by atoms with E-state index in [4.69, 9.17) is 14.6 Å². The molecule has 0 amide bonds. The topological polar surface area (TPSA) is 41.9 Å². The molecule has 0 bridgehead atoms. The maximum atomic E-state index is 9.11. The fourth-order valence-electron chi connectivity index (χ4n) is 3.27. The number of piperidine rings is 1. The molecule has 0 spiro atoms. The van der Waals surface area contributed by atoms with Crippen molar-refractivity contribution in [2.45, 2.75) is 38.7 Å². The van der Waals surface area contributed by atoms with E-state index in [2.05, 4.69) is 23.1 Å². The number of aliphatic hydroxyl groups is 1. The summed E-state index contributed by atoms with van der Waals surface area (Å²) in [5.74, 6) is 0.895. The summed E-state index contributed by atoms with van der Waals surface area (Å²) in [5, 5.41) is 9.11. The monoisotopic (exact) mass is 341 g/mol. The lowest BCUT2D eigenvalue weighted by Crippen LogP contribution is -2.36. The van der Waals surface area contributed by atoms with Gasteiger partial charge in [-0.25, -0.2) is 0 Å². The van der Waals surface area contributed by atoms with E-state index in [-0.39, 0.29) is 6.61 Å². The molecule has 0 aliphatic carbocycles. The molecule has 3 rings (SSSR count). The van der Waals surface area contributed by atoms with Crippen LogP contribution in [-0.2, 0) is 24.5 Å². The summed E-state index contributed by atoms with van der Waals surface area (Å²) in [7, 11) is 1.70. The van der Waals surface area contributed by atoms with Crippen LogP contribution in [0.1, 0.15) is 29.5 Å². The Morgan fingerprint density at radius 3 is 2.36 bits per heavy atom. The highest BCUT2D eigenvalue weighted by Gasteiger charge is 2.20. The third-order valence-electron chi connectivity index (χ3n) is 4.81. The smallest absolute Gasteiger partial charge is 0.124 e. The van der Waals surface area contributed by atoms with Crippen LogP contribution in [0.2, 0.25) is 0 Å². The predicted octanol–water partition coefficient (Wildman–Crippen LogP) is 3.37. The van der Waals surface area contributed by atoms with Gasteiger partial charge < -0.3 is 14.6 Å². The van der Waals surface area contributed by atoms with Gasteiger partial charge in [-0.3, -0.25) is 4.90 Å². The average molecular weight is 341 g/mol. The molecule has 2 aromatic carbocycles. The van der Waals surface area contributed by atoms with Crippen molar-refractivity contribution in [3.05, 3.63) is 65.2 Å². The van der Waals surface area contributed by atoms with Crippen LogP contribution in [0.25, 0.3) is 0 Å². The zero-order valence-corrected chi connectivity index (χ0v) is 14.9. The minimum absolute atomic E-state index is 0.106. The van der Waals surface area contributed by atoms with E-state index in [0.29, 0.717) is 12.7 Å². The van der Waals surface area contributed by atoms with Crippen LogP contribution in [0, 0.1) is 0 Å². The average Bonchev–Trinajstić information content (AvgIpc) is 2.68. The second kappa shape index (κ2) is 8.99. The van der Waals surface area contributed by atoms with Crippen LogP contribution in [0.3, 0.4) is 0 Å². The van der Waals surface area contributed by atoms with E-state index in [1.54, 1.807) is 7.11 Å². The van der Waals surface area contributed by atoms with E-state index in [9.17, 15) is 0 Å². The van der Waals surface area contributed by atoms with E-state index >= 15 is 0 Å². The lowest BCUT2D eigenvalue weighted by atomic mass is 10.1. The molecule has 1 N–H and O–H groups in total. The van der Waals surface area contributed by atoms with Gasteiger partial charge in [-0.05, 0) is 30.0 Å². The van der Waals surface area contributed by atoms with Crippen LogP contribution in [0.15, 0.2) is 48.5 Å². The number of hydrogen-bond donors (Lipinski definition) is 1. The first-order chi connectivity index (χ1) is 12.3. The summed E-state index contributed by atoms with van der Waals surface area (Å²) >= 11 is 0. The summed E-state index contributed by atoms with van der Waals surface area (Å²) in [4.78, 5) is 2.47. The van der Waals surface area contributed by atoms with E-state index in [0.717, 1.165) is 49.4 Å². The normalized spacial score (nSPS) is 16.1. The molecule has 25 heavy (non-hydrogen) atoms. The van der Waals surface area contributed by atoms with Gasteiger partial charge in [-0.15, -0.1) is 0 Å². The van der Waals surface area contributed by atoms with Crippen molar-refractivity contribution in [2.75, 3.05) is 20.2 Å². The van der Waals surface area contributed by atoms with Gasteiger partial charge in [0.1, 0.15) is 5.75 Å². The molecule has 0 aromatic heterocycles. The van der Waals surface area contributed by atoms with Gasteiger partial charge in [0.25, 0.3) is 0 Å². The fourth-order valence-corrected chi connectivity index (χ4v) is 3.27. The number of benzene rings is 2. The molecule has 0 saturated carbocycles. The van der Waals surface area contributed by atoms with Gasteiger partial charge in [0.15, 0.2) is 0 Å².